The number of hydrogen-bond donors (Lipinski definition) is 23. The third-order valence-corrected chi connectivity index (χ3v) is 9.70. The van der Waals surface area contributed by atoms with Gasteiger partial charge in [0.25, 0.3) is 29.5 Å². The van der Waals surface area contributed by atoms with Crippen LogP contribution in [0.1, 0.15) is 11.6 Å². The van der Waals surface area contributed by atoms with Crippen LogP contribution in [0, 0.1) is 33.5 Å². The number of nitrogens with two attached hydrogens (primary N) is 7. The minimum Gasteiger partial charge on any atom is -0.396 e. The molecule has 3 aromatic carbocycles. The van der Waals surface area contributed by atoms with Crippen molar-refractivity contribution in [2.45, 2.75) is 36.9 Å². The van der Waals surface area contributed by atoms with E-state index in [0.717, 1.165) is 16.0 Å². The van der Waals surface area contributed by atoms with Gasteiger partial charge in [-0.25, -0.2) is 0 Å². The fourth-order valence-corrected chi connectivity index (χ4v) is 6.63. The summed E-state index contributed by atoms with van der Waals surface area (Å²) in [5.74, 6) is -8.17. The van der Waals surface area contributed by atoms with Gasteiger partial charge < -0.3 is 98.1 Å². The number of guanidine groups is 4. The molecule has 30 N–H and O–H groups in total. The maximum Gasteiger partial charge on any atom is 0.265 e. The van der Waals surface area contributed by atoms with E-state index in [1.165, 1.54) is 12.1 Å². The van der Waals surface area contributed by atoms with E-state index in [-0.39, 0.29) is 5.56 Å². The summed E-state index contributed by atoms with van der Waals surface area (Å²) in [6.45, 7) is -0.709. The minimum absolute atomic E-state index is 0.190. The molecule has 0 aromatic heterocycles. The minimum atomic E-state index is -2.12. The Morgan fingerprint density at radius 2 is 0.956 bits per heavy atom. The standard InChI is InChI=1S/C38H52N22O8/c39-23(24(40)62)51-31(65)25(56-35(41)42)53-33(67)27(58-37(45)46)55-34(68)28(59-38(47)48)54-32(66)26(57-36(43)44)52-30(64)21(14-6-2-1-3-7-14)50-29(63)20(13-61)19-12-17-10-15-8-4-5-9-16(15)11-18(17)22(19)60-49/h1-12,19-21,23,25-28,60-61H,13,39,49H2,(H2,40,62)(H,50,63)(H,51,65)(H,52,64)(H,53,67)(H,54,66)(H,55,68)(H4,41,42,56)(H4,43,44,57)(H4,45,46,58)(H4,47,48,59). The second-order valence-electron chi connectivity index (χ2n) is 14.6. The number of aliphatic hydroxyl groups excluding tert-OH is 1. The van der Waals surface area contributed by atoms with Crippen LogP contribution >= 0.6 is 0 Å². The summed E-state index contributed by atoms with van der Waals surface area (Å²) in [5, 5.41) is 66.0. The number of rotatable bonds is 21. The molecule has 1 aliphatic rings. The van der Waals surface area contributed by atoms with Crippen LogP contribution in [0.15, 0.2) is 66.7 Å². The van der Waals surface area contributed by atoms with Crippen LogP contribution in [0.25, 0.3) is 22.5 Å². The summed E-state index contributed by atoms with van der Waals surface area (Å²) in [6, 6.07) is 17.4. The average Bonchev–Trinajstić information content (AvgIpc) is 3.62. The molecule has 0 aliphatic heterocycles. The van der Waals surface area contributed by atoms with E-state index in [4.69, 9.17) is 61.9 Å². The Morgan fingerprint density at radius 1 is 0.544 bits per heavy atom. The first-order chi connectivity index (χ1) is 32.1. The third kappa shape index (κ3) is 13.6. The largest absolute Gasteiger partial charge is 0.396 e. The van der Waals surface area contributed by atoms with Crippen LogP contribution in [-0.4, -0.2) is 108 Å². The summed E-state index contributed by atoms with van der Waals surface area (Å²) < 4.78 is 0. The lowest BCUT2D eigenvalue weighted by Crippen LogP contribution is -2.69. The quantitative estimate of drug-likeness (QED) is 0.0155. The number of carbonyl (C=O) groups is 7. The first-order valence-electron chi connectivity index (χ1n) is 19.8. The number of hydrazine groups is 1. The van der Waals surface area contributed by atoms with Crippen molar-refractivity contribution in [1.82, 2.24) is 58.6 Å². The molecular weight excluding hydrogens is 893 g/mol. The maximum atomic E-state index is 14.2. The van der Waals surface area contributed by atoms with E-state index < -0.39 is 121 Å². The molecule has 8 unspecified atom stereocenters. The smallest absolute Gasteiger partial charge is 0.265 e. The Balaban J connectivity index is 1.58. The molecule has 0 spiro atoms. The molecule has 4 rings (SSSR count). The number of aliphatic hydroxyl groups is 1. The second-order valence-corrected chi connectivity index (χ2v) is 14.6. The van der Waals surface area contributed by atoms with Gasteiger partial charge in [0.2, 0.25) is 11.8 Å². The predicted molar refractivity (Wildman–Crippen MR) is 243 cm³/mol. The molecule has 0 fully saturated rings. The molecule has 68 heavy (non-hydrogen) atoms. The molecule has 8 atom stereocenters. The van der Waals surface area contributed by atoms with Crippen molar-refractivity contribution in [1.29, 1.82) is 21.6 Å². The van der Waals surface area contributed by atoms with Crippen molar-refractivity contribution < 1.29 is 38.7 Å². The fraction of sp³-hybridized carbons (Fsp3) is 0.237. The van der Waals surface area contributed by atoms with Crippen LogP contribution in [-0.2, 0) is 33.6 Å². The lowest BCUT2D eigenvalue weighted by atomic mass is 9.90. The molecule has 30 nitrogen and oxygen atoms in total. The molecule has 7 amide bonds. The van der Waals surface area contributed by atoms with Crippen molar-refractivity contribution in [2.24, 2.45) is 52.1 Å². The number of amides is 7. The highest BCUT2D eigenvalue weighted by Crippen LogP contribution is 2.25. The number of fused-ring (bicyclic) bond motifs is 2. The van der Waals surface area contributed by atoms with Crippen molar-refractivity contribution in [2.75, 3.05) is 6.61 Å². The molecular formula is C38H52N22O8. The highest BCUT2D eigenvalue weighted by molar-refractivity contribution is 6.00. The topological polar surface area (TPSA) is 550 Å². The van der Waals surface area contributed by atoms with Gasteiger partial charge in [0, 0.05) is 16.8 Å². The van der Waals surface area contributed by atoms with Crippen LogP contribution in [0.5, 0.6) is 0 Å². The van der Waals surface area contributed by atoms with Crippen LogP contribution in [0.2, 0.25) is 0 Å². The zero-order chi connectivity index (χ0) is 50.4. The number of primary amides is 1. The number of carbonyl (C=O) groups excluding carboxylic acids is 7. The molecule has 1 aliphatic carbocycles. The van der Waals surface area contributed by atoms with Gasteiger partial charge in [0.1, 0.15) is 6.04 Å². The lowest BCUT2D eigenvalue weighted by Gasteiger charge is -2.29. The molecule has 0 radical (unpaired) electrons. The van der Waals surface area contributed by atoms with Gasteiger partial charge >= 0.3 is 0 Å². The normalized spacial score (nSPS) is 15.5. The maximum absolute atomic E-state index is 14.2. The molecule has 3 aromatic rings. The van der Waals surface area contributed by atoms with Crippen molar-refractivity contribution >= 4 is 87.7 Å². The van der Waals surface area contributed by atoms with E-state index in [1.807, 2.05) is 52.3 Å². The molecule has 30 heteroatoms. The van der Waals surface area contributed by atoms with Gasteiger partial charge in [-0.3, -0.25) is 61.0 Å². The van der Waals surface area contributed by atoms with E-state index in [9.17, 15) is 38.7 Å². The fourth-order valence-electron chi connectivity index (χ4n) is 6.63. The van der Waals surface area contributed by atoms with Crippen LogP contribution in [0.4, 0.5) is 0 Å². The SMILES string of the molecule is N=C(N)NC(NC(=O)C(NC(=N)N)NC(=O)C(NC(=N)N)NC(=O)C(NC(=N)N)NC(=O)C(NC(=O)C(CO)C1C=c2cc3ccccc3cc2=C1NN)c1ccccc1)C(=O)NC(N)C(N)=O. The van der Waals surface area contributed by atoms with Crippen molar-refractivity contribution in [3.8, 4) is 0 Å². The summed E-state index contributed by atoms with van der Waals surface area (Å²) >= 11 is 0. The monoisotopic (exact) mass is 944 g/mol. The van der Waals surface area contributed by atoms with Gasteiger partial charge in [-0.2, -0.15) is 0 Å². The highest BCUT2D eigenvalue weighted by atomic mass is 16.3. The predicted octanol–water partition coefficient (Wildman–Crippen LogP) is -10.1. The van der Waals surface area contributed by atoms with E-state index in [0.29, 0.717) is 10.9 Å². The number of nitrogens with one attached hydrogen (secondary N) is 15. The van der Waals surface area contributed by atoms with E-state index in [2.05, 4.69) is 42.6 Å². The Morgan fingerprint density at radius 3 is 1.37 bits per heavy atom. The van der Waals surface area contributed by atoms with Crippen LogP contribution in [0.3, 0.4) is 0 Å². The van der Waals surface area contributed by atoms with Gasteiger partial charge in [-0.1, -0.05) is 60.7 Å². The zero-order valence-electron chi connectivity index (χ0n) is 35.6. The van der Waals surface area contributed by atoms with Gasteiger partial charge in [-0.05, 0) is 33.7 Å². The summed E-state index contributed by atoms with van der Waals surface area (Å²) in [4.78, 5) is 93.2. The summed E-state index contributed by atoms with van der Waals surface area (Å²) in [7, 11) is 0. The Hall–Kier alpha value is -9.29. The first-order valence-corrected chi connectivity index (χ1v) is 19.8. The third-order valence-electron chi connectivity index (χ3n) is 9.70. The lowest BCUT2D eigenvalue weighted by molar-refractivity contribution is -0.136. The number of benzene rings is 3. The second kappa shape index (κ2) is 23.1. The Kier molecular flexibility index (Phi) is 17.4. The number of hydrogen-bond acceptors (Lipinski definition) is 15. The zero-order valence-corrected chi connectivity index (χ0v) is 35.6. The first kappa shape index (κ1) is 51.3. The summed E-state index contributed by atoms with van der Waals surface area (Å²) in [5.41, 5.74) is 35.5. The molecule has 0 saturated heterocycles. The van der Waals surface area contributed by atoms with E-state index in [1.54, 1.807) is 24.3 Å². The van der Waals surface area contributed by atoms with Gasteiger partial charge in [0.05, 0.1) is 12.5 Å². The summed E-state index contributed by atoms with van der Waals surface area (Å²) in [6.07, 6.45) is -8.24. The molecule has 362 valence electrons. The Bertz CT molecular complexity index is 2610. The van der Waals surface area contributed by atoms with E-state index >= 15 is 0 Å². The highest BCUT2D eigenvalue weighted by Gasteiger charge is 2.37. The van der Waals surface area contributed by atoms with Gasteiger partial charge in [0.15, 0.2) is 54.7 Å². The molecule has 0 bridgehead atoms. The average molecular weight is 945 g/mol. The van der Waals surface area contributed by atoms with Crippen molar-refractivity contribution in [3.05, 3.63) is 82.7 Å². The van der Waals surface area contributed by atoms with Crippen LogP contribution < -0.4 is 109 Å². The Labute approximate surface area is 384 Å². The molecule has 0 saturated carbocycles. The van der Waals surface area contributed by atoms with Gasteiger partial charge in [-0.15, -0.1) is 0 Å². The van der Waals surface area contributed by atoms with Crippen molar-refractivity contribution in [3.63, 3.8) is 0 Å². The molecule has 0 heterocycles.